The van der Waals surface area contributed by atoms with Gasteiger partial charge in [-0.25, -0.2) is 0 Å². The van der Waals surface area contributed by atoms with E-state index in [9.17, 15) is 4.79 Å². The van der Waals surface area contributed by atoms with Crippen molar-refractivity contribution in [3.8, 4) is 0 Å². The van der Waals surface area contributed by atoms with E-state index in [-0.39, 0.29) is 12.0 Å². The molecular formula is C11H21NO3. The number of hydrogen-bond donors (Lipinski definition) is 1. The Morgan fingerprint density at radius 1 is 1.60 bits per heavy atom. The lowest BCUT2D eigenvalue weighted by Crippen LogP contribution is -2.40. The highest BCUT2D eigenvalue weighted by Gasteiger charge is 2.24. The number of nitrogens with zero attached hydrogens (tertiary/aromatic N) is 1. The van der Waals surface area contributed by atoms with Crippen LogP contribution < -0.4 is 0 Å². The molecule has 4 heteroatoms. The van der Waals surface area contributed by atoms with E-state index in [4.69, 9.17) is 9.84 Å². The summed E-state index contributed by atoms with van der Waals surface area (Å²) in [6.45, 7) is 7.25. The minimum atomic E-state index is -0.663. The van der Waals surface area contributed by atoms with Crippen molar-refractivity contribution >= 4 is 5.97 Å². The van der Waals surface area contributed by atoms with Crippen LogP contribution in [-0.2, 0) is 9.53 Å². The van der Waals surface area contributed by atoms with Crippen molar-refractivity contribution in [2.24, 2.45) is 5.92 Å². The molecule has 0 aromatic carbocycles. The topological polar surface area (TPSA) is 49.8 Å². The zero-order valence-corrected chi connectivity index (χ0v) is 9.61. The summed E-state index contributed by atoms with van der Waals surface area (Å²) in [5.41, 5.74) is 0. The lowest BCUT2D eigenvalue weighted by molar-refractivity contribution is -0.143. The molecule has 0 saturated carbocycles. The standard InChI is InChI=1S/C11H21NO3/c1-9(2)15-7-6-12-5-3-4-10(8-12)11(13)14/h9-10H,3-8H2,1-2H3,(H,13,14). The van der Waals surface area contributed by atoms with E-state index in [1.165, 1.54) is 0 Å². The highest BCUT2D eigenvalue weighted by atomic mass is 16.5. The molecule has 1 N–H and O–H groups in total. The summed E-state index contributed by atoms with van der Waals surface area (Å²) in [5, 5.41) is 8.91. The van der Waals surface area contributed by atoms with Crippen LogP contribution in [-0.4, -0.2) is 48.3 Å². The first-order chi connectivity index (χ1) is 7.09. The van der Waals surface area contributed by atoms with Gasteiger partial charge in [-0.15, -0.1) is 0 Å². The maximum atomic E-state index is 10.8. The molecule has 1 fully saturated rings. The van der Waals surface area contributed by atoms with E-state index >= 15 is 0 Å². The van der Waals surface area contributed by atoms with Gasteiger partial charge in [0.1, 0.15) is 0 Å². The normalized spacial score (nSPS) is 23.3. The quantitative estimate of drug-likeness (QED) is 0.749. The molecule has 0 bridgehead atoms. The van der Waals surface area contributed by atoms with Crippen molar-refractivity contribution in [2.45, 2.75) is 32.8 Å². The van der Waals surface area contributed by atoms with E-state index in [1.807, 2.05) is 13.8 Å². The SMILES string of the molecule is CC(C)OCCN1CCCC(C(=O)O)C1. The molecule has 0 radical (unpaired) electrons. The van der Waals surface area contributed by atoms with Crippen LogP contribution >= 0.6 is 0 Å². The third-order valence-electron chi connectivity index (χ3n) is 2.71. The van der Waals surface area contributed by atoms with Gasteiger partial charge in [-0.1, -0.05) is 0 Å². The van der Waals surface area contributed by atoms with Crippen molar-refractivity contribution in [3.63, 3.8) is 0 Å². The summed E-state index contributed by atoms with van der Waals surface area (Å²) in [7, 11) is 0. The fraction of sp³-hybridized carbons (Fsp3) is 0.909. The predicted molar refractivity (Wildman–Crippen MR) is 57.9 cm³/mol. The minimum Gasteiger partial charge on any atom is -0.481 e. The maximum Gasteiger partial charge on any atom is 0.307 e. The highest BCUT2D eigenvalue weighted by Crippen LogP contribution is 2.16. The molecule has 1 rings (SSSR count). The van der Waals surface area contributed by atoms with Crippen molar-refractivity contribution in [1.29, 1.82) is 0 Å². The van der Waals surface area contributed by atoms with E-state index in [1.54, 1.807) is 0 Å². The van der Waals surface area contributed by atoms with Gasteiger partial charge in [0.15, 0.2) is 0 Å². The number of likely N-dealkylation sites (tertiary alicyclic amines) is 1. The molecule has 88 valence electrons. The molecule has 1 unspecified atom stereocenters. The largest absolute Gasteiger partial charge is 0.481 e. The van der Waals surface area contributed by atoms with Gasteiger partial charge in [0.25, 0.3) is 0 Å². The fourth-order valence-corrected chi connectivity index (χ4v) is 1.88. The van der Waals surface area contributed by atoms with Gasteiger partial charge in [0, 0.05) is 13.1 Å². The summed E-state index contributed by atoms with van der Waals surface area (Å²) in [4.78, 5) is 13.0. The van der Waals surface area contributed by atoms with Crippen LogP contribution in [0.2, 0.25) is 0 Å². The Balaban J connectivity index is 2.21. The summed E-state index contributed by atoms with van der Waals surface area (Å²) in [6, 6.07) is 0. The van der Waals surface area contributed by atoms with Gasteiger partial charge in [-0.3, -0.25) is 4.79 Å². The van der Waals surface area contributed by atoms with Crippen LogP contribution in [0.5, 0.6) is 0 Å². The average Bonchev–Trinajstić information content (AvgIpc) is 2.17. The van der Waals surface area contributed by atoms with Gasteiger partial charge in [-0.05, 0) is 33.2 Å². The van der Waals surface area contributed by atoms with E-state index in [0.717, 1.165) is 25.9 Å². The minimum absolute atomic E-state index is 0.183. The van der Waals surface area contributed by atoms with Crippen LogP contribution in [0, 0.1) is 5.92 Å². The number of piperidine rings is 1. The molecule has 0 aromatic rings. The zero-order valence-electron chi connectivity index (χ0n) is 9.61. The Bertz CT molecular complexity index is 206. The van der Waals surface area contributed by atoms with Crippen molar-refractivity contribution < 1.29 is 14.6 Å². The molecular weight excluding hydrogens is 194 g/mol. The van der Waals surface area contributed by atoms with E-state index in [0.29, 0.717) is 13.2 Å². The van der Waals surface area contributed by atoms with Gasteiger partial charge in [0.05, 0.1) is 18.6 Å². The zero-order chi connectivity index (χ0) is 11.3. The lowest BCUT2D eigenvalue weighted by atomic mass is 9.98. The Morgan fingerprint density at radius 2 is 2.33 bits per heavy atom. The molecule has 15 heavy (non-hydrogen) atoms. The van der Waals surface area contributed by atoms with E-state index < -0.39 is 5.97 Å². The van der Waals surface area contributed by atoms with Gasteiger partial charge >= 0.3 is 5.97 Å². The number of carboxylic acids is 1. The summed E-state index contributed by atoms with van der Waals surface area (Å²) >= 11 is 0. The molecule has 1 aliphatic heterocycles. The highest BCUT2D eigenvalue weighted by molar-refractivity contribution is 5.70. The summed E-state index contributed by atoms with van der Waals surface area (Å²) in [6.07, 6.45) is 2.06. The number of carbonyl (C=O) groups is 1. The van der Waals surface area contributed by atoms with Crippen molar-refractivity contribution in [2.75, 3.05) is 26.2 Å². The van der Waals surface area contributed by atoms with E-state index in [2.05, 4.69) is 4.90 Å². The first-order valence-corrected chi connectivity index (χ1v) is 5.66. The molecule has 1 atom stereocenters. The molecule has 0 aliphatic carbocycles. The Labute approximate surface area is 91.2 Å². The second-order valence-corrected chi connectivity index (χ2v) is 4.40. The third-order valence-corrected chi connectivity index (χ3v) is 2.71. The number of aliphatic carboxylic acids is 1. The van der Waals surface area contributed by atoms with Gasteiger partial charge in [-0.2, -0.15) is 0 Å². The Kier molecular flexibility index (Phi) is 5.05. The Morgan fingerprint density at radius 3 is 2.93 bits per heavy atom. The third kappa shape index (κ3) is 4.62. The second kappa shape index (κ2) is 6.08. The number of hydrogen-bond acceptors (Lipinski definition) is 3. The second-order valence-electron chi connectivity index (χ2n) is 4.40. The lowest BCUT2D eigenvalue weighted by Gasteiger charge is -2.30. The van der Waals surface area contributed by atoms with Crippen LogP contribution in [0.25, 0.3) is 0 Å². The molecule has 1 heterocycles. The average molecular weight is 215 g/mol. The molecule has 0 spiro atoms. The fourth-order valence-electron chi connectivity index (χ4n) is 1.88. The number of ether oxygens (including phenoxy) is 1. The van der Waals surface area contributed by atoms with Crippen LogP contribution in [0.3, 0.4) is 0 Å². The predicted octanol–water partition coefficient (Wildman–Crippen LogP) is 1.21. The first kappa shape index (κ1) is 12.5. The monoisotopic (exact) mass is 215 g/mol. The van der Waals surface area contributed by atoms with Crippen LogP contribution in [0.1, 0.15) is 26.7 Å². The molecule has 1 aliphatic rings. The van der Waals surface area contributed by atoms with Crippen LogP contribution in [0.15, 0.2) is 0 Å². The molecule has 0 aromatic heterocycles. The molecule has 1 saturated heterocycles. The van der Waals surface area contributed by atoms with Crippen molar-refractivity contribution in [3.05, 3.63) is 0 Å². The number of rotatable bonds is 5. The molecule has 0 amide bonds. The maximum absolute atomic E-state index is 10.8. The van der Waals surface area contributed by atoms with Crippen molar-refractivity contribution in [1.82, 2.24) is 4.90 Å². The number of carboxylic acid groups (broad SMARTS) is 1. The van der Waals surface area contributed by atoms with Crippen LogP contribution in [0.4, 0.5) is 0 Å². The van der Waals surface area contributed by atoms with Gasteiger partial charge < -0.3 is 14.7 Å². The summed E-state index contributed by atoms with van der Waals surface area (Å²) < 4.78 is 5.45. The first-order valence-electron chi connectivity index (χ1n) is 5.66. The summed E-state index contributed by atoms with van der Waals surface area (Å²) in [5.74, 6) is -0.845. The molecule has 4 nitrogen and oxygen atoms in total. The van der Waals surface area contributed by atoms with Gasteiger partial charge in [0.2, 0.25) is 0 Å². The Hall–Kier alpha value is -0.610. The smallest absolute Gasteiger partial charge is 0.307 e.